The summed E-state index contributed by atoms with van der Waals surface area (Å²) in [5.41, 5.74) is -0.502. The standard InChI is InChI=1S/C15H19NO5/c1-4-8-21-14(19)16-15(2,10-13(17)18)11-6-5-7-12(9-11)20-3/h4-7,9H,1,8,10H2,2-3H3,(H,16,19)(H,17,18). The van der Waals surface area contributed by atoms with Crippen molar-refractivity contribution in [1.82, 2.24) is 5.32 Å². The second-order valence-electron chi connectivity index (χ2n) is 4.65. The average molecular weight is 293 g/mol. The zero-order valence-corrected chi connectivity index (χ0v) is 12.1. The molecule has 1 amide bonds. The molecule has 6 heteroatoms. The predicted octanol–water partition coefficient (Wildman–Crippen LogP) is 2.30. The molecule has 0 radical (unpaired) electrons. The molecule has 1 aromatic rings. The maximum Gasteiger partial charge on any atom is 0.408 e. The Morgan fingerprint density at radius 3 is 2.76 bits per heavy atom. The highest BCUT2D eigenvalue weighted by atomic mass is 16.5. The molecule has 114 valence electrons. The predicted molar refractivity (Wildman–Crippen MR) is 77.3 cm³/mol. The highest BCUT2D eigenvalue weighted by Crippen LogP contribution is 2.28. The Bertz CT molecular complexity index is 529. The Morgan fingerprint density at radius 2 is 2.19 bits per heavy atom. The SMILES string of the molecule is C=CCOC(=O)NC(C)(CC(=O)O)c1cccc(OC)c1. The van der Waals surface area contributed by atoms with Gasteiger partial charge in [0.25, 0.3) is 0 Å². The second-order valence-corrected chi connectivity index (χ2v) is 4.65. The summed E-state index contributed by atoms with van der Waals surface area (Å²) in [4.78, 5) is 22.8. The number of hydrogen-bond donors (Lipinski definition) is 2. The molecule has 0 bridgehead atoms. The lowest BCUT2D eigenvalue weighted by atomic mass is 9.88. The van der Waals surface area contributed by atoms with E-state index in [2.05, 4.69) is 11.9 Å². The van der Waals surface area contributed by atoms with Crippen molar-refractivity contribution < 1.29 is 24.2 Å². The molecule has 0 fully saturated rings. The summed E-state index contributed by atoms with van der Waals surface area (Å²) in [6, 6.07) is 6.86. The van der Waals surface area contributed by atoms with Crippen LogP contribution in [0.25, 0.3) is 0 Å². The summed E-state index contributed by atoms with van der Waals surface area (Å²) < 4.78 is 9.97. The third-order valence-corrected chi connectivity index (χ3v) is 2.92. The molecule has 1 atom stereocenters. The second kappa shape index (κ2) is 7.33. The number of aliphatic carboxylic acids is 1. The minimum atomic E-state index is -1.11. The lowest BCUT2D eigenvalue weighted by molar-refractivity contribution is -0.138. The van der Waals surface area contributed by atoms with E-state index in [1.165, 1.54) is 13.2 Å². The molecule has 2 N–H and O–H groups in total. The van der Waals surface area contributed by atoms with E-state index in [4.69, 9.17) is 14.6 Å². The quantitative estimate of drug-likeness (QED) is 0.753. The molecule has 0 saturated heterocycles. The topological polar surface area (TPSA) is 84.9 Å². The fraction of sp³-hybridized carbons (Fsp3) is 0.333. The zero-order chi connectivity index (χ0) is 15.9. The molecule has 0 aromatic heterocycles. The van der Waals surface area contributed by atoms with E-state index in [-0.39, 0.29) is 13.0 Å². The number of methoxy groups -OCH3 is 1. The van der Waals surface area contributed by atoms with Crippen molar-refractivity contribution in [2.75, 3.05) is 13.7 Å². The number of benzene rings is 1. The summed E-state index contributed by atoms with van der Waals surface area (Å²) in [5, 5.41) is 11.7. The van der Waals surface area contributed by atoms with Crippen molar-refractivity contribution in [2.45, 2.75) is 18.9 Å². The van der Waals surface area contributed by atoms with E-state index in [0.29, 0.717) is 11.3 Å². The summed E-state index contributed by atoms with van der Waals surface area (Å²) in [5.74, 6) is -0.463. The number of carboxylic acids is 1. The van der Waals surface area contributed by atoms with Gasteiger partial charge in [0, 0.05) is 0 Å². The van der Waals surface area contributed by atoms with Crippen molar-refractivity contribution in [3.8, 4) is 5.75 Å². The minimum Gasteiger partial charge on any atom is -0.497 e. The van der Waals surface area contributed by atoms with Gasteiger partial charge in [-0.15, -0.1) is 0 Å². The first-order valence-corrected chi connectivity index (χ1v) is 6.33. The van der Waals surface area contributed by atoms with Gasteiger partial charge in [0.05, 0.1) is 19.1 Å². The van der Waals surface area contributed by atoms with Gasteiger partial charge in [-0.2, -0.15) is 0 Å². The summed E-state index contributed by atoms with van der Waals surface area (Å²) in [6.07, 6.45) is 0.435. The van der Waals surface area contributed by atoms with Crippen molar-refractivity contribution in [2.24, 2.45) is 0 Å². The van der Waals surface area contributed by atoms with Gasteiger partial charge in [-0.1, -0.05) is 24.8 Å². The van der Waals surface area contributed by atoms with Crippen molar-refractivity contribution in [1.29, 1.82) is 0 Å². The van der Waals surface area contributed by atoms with Gasteiger partial charge in [0.2, 0.25) is 0 Å². The molecule has 1 aromatic carbocycles. The van der Waals surface area contributed by atoms with E-state index in [1.807, 2.05) is 0 Å². The summed E-state index contributed by atoms with van der Waals surface area (Å²) in [7, 11) is 1.51. The Morgan fingerprint density at radius 1 is 1.48 bits per heavy atom. The van der Waals surface area contributed by atoms with E-state index in [9.17, 15) is 9.59 Å². The maximum atomic E-state index is 11.7. The highest BCUT2D eigenvalue weighted by molar-refractivity contribution is 5.73. The molecule has 1 rings (SSSR count). The van der Waals surface area contributed by atoms with Gasteiger partial charge in [0.15, 0.2) is 0 Å². The lowest BCUT2D eigenvalue weighted by Gasteiger charge is -2.29. The first kappa shape index (κ1) is 16.6. The molecule has 0 aliphatic heterocycles. The molecule has 0 spiro atoms. The number of ether oxygens (including phenoxy) is 2. The molecule has 0 heterocycles. The van der Waals surface area contributed by atoms with Crippen LogP contribution in [0.1, 0.15) is 18.9 Å². The average Bonchev–Trinajstić information content (AvgIpc) is 2.44. The molecular weight excluding hydrogens is 274 g/mol. The van der Waals surface area contributed by atoms with Gasteiger partial charge in [-0.25, -0.2) is 4.79 Å². The van der Waals surface area contributed by atoms with Crippen LogP contribution in [0.3, 0.4) is 0 Å². The van der Waals surface area contributed by atoms with Crippen LogP contribution < -0.4 is 10.1 Å². The van der Waals surface area contributed by atoms with Crippen LogP contribution in [0, 0.1) is 0 Å². The first-order chi connectivity index (χ1) is 9.91. The van der Waals surface area contributed by atoms with E-state index in [0.717, 1.165) is 0 Å². The van der Waals surface area contributed by atoms with E-state index >= 15 is 0 Å². The van der Waals surface area contributed by atoms with Crippen molar-refractivity contribution in [3.05, 3.63) is 42.5 Å². The molecular formula is C15H19NO5. The zero-order valence-electron chi connectivity index (χ0n) is 12.1. The highest BCUT2D eigenvalue weighted by Gasteiger charge is 2.32. The molecule has 0 saturated carbocycles. The maximum absolute atomic E-state index is 11.7. The molecule has 1 unspecified atom stereocenters. The summed E-state index contributed by atoms with van der Waals surface area (Å²) >= 11 is 0. The Kier molecular flexibility index (Phi) is 5.78. The smallest absolute Gasteiger partial charge is 0.408 e. The normalized spacial score (nSPS) is 12.9. The lowest BCUT2D eigenvalue weighted by Crippen LogP contribution is -2.45. The third-order valence-electron chi connectivity index (χ3n) is 2.92. The number of carboxylic acid groups (broad SMARTS) is 1. The number of amides is 1. The number of carbonyl (C=O) groups excluding carboxylic acids is 1. The number of rotatable bonds is 7. The molecule has 0 aliphatic rings. The molecule has 6 nitrogen and oxygen atoms in total. The number of alkyl carbamates (subject to hydrolysis) is 1. The number of nitrogens with one attached hydrogen (secondary N) is 1. The van der Waals surface area contributed by atoms with Crippen LogP contribution in [0.4, 0.5) is 4.79 Å². The fourth-order valence-electron chi connectivity index (χ4n) is 1.88. The van der Waals surface area contributed by atoms with Crippen LogP contribution in [0.15, 0.2) is 36.9 Å². The fourth-order valence-corrected chi connectivity index (χ4v) is 1.88. The van der Waals surface area contributed by atoms with E-state index < -0.39 is 17.6 Å². The van der Waals surface area contributed by atoms with E-state index in [1.54, 1.807) is 31.2 Å². The van der Waals surface area contributed by atoms with Crippen molar-refractivity contribution >= 4 is 12.1 Å². The Balaban J connectivity index is 3.04. The van der Waals surface area contributed by atoms with Crippen molar-refractivity contribution in [3.63, 3.8) is 0 Å². The van der Waals surface area contributed by atoms with Gasteiger partial charge >= 0.3 is 12.1 Å². The van der Waals surface area contributed by atoms with Crippen LogP contribution in [0.2, 0.25) is 0 Å². The Hall–Kier alpha value is -2.50. The van der Waals surface area contributed by atoms with Gasteiger partial charge in [-0.05, 0) is 24.6 Å². The van der Waals surface area contributed by atoms with Gasteiger partial charge in [0.1, 0.15) is 12.4 Å². The summed E-state index contributed by atoms with van der Waals surface area (Å²) in [6.45, 7) is 5.11. The van der Waals surface area contributed by atoms with Gasteiger partial charge < -0.3 is 19.9 Å². The van der Waals surface area contributed by atoms with Gasteiger partial charge in [-0.3, -0.25) is 4.79 Å². The van der Waals surface area contributed by atoms with Crippen LogP contribution in [-0.2, 0) is 15.1 Å². The van der Waals surface area contributed by atoms with Crippen LogP contribution >= 0.6 is 0 Å². The largest absolute Gasteiger partial charge is 0.497 e. The number of carbonyl (C=O) groups is 2. The first-order valence-electron chi connectivity index (χ1n) is 6.33. The molecule has 0 aliphatic carbocycles. The third kappa shape index (κ3) is 4.83. The minimum absolute atomic E-state index is 0.0487. The number of hydrogen-bond acceptors (Lipinski definition) is 4. The van der Waals surface area contributed by atoms with Crippen LogP contribution in [0.5, 0.6) is 5.75 Å². The monoisotopic (exact) mass is 293 g/mol. The Labute approximate surface area is 123 Å². The van der Waals surface area contributed by atoms with Crippen LogP contribution in [-0.4, -0.2) is 30.9 Å². The molecule has 21 heavy (non-hydrogen) atoms.